The lowest BCUT2D eigenvalue weighted by Gasteiger charge is -2.47. The van der Waals surface area contributed by atoms with Crippen molar-refractivity contribution in [3.8, 4) is 0 Å². The zero-order valence-corrected chi connectivity index (χ0v) is 17.2. The van der Waals surface area contributed by atoms with E-state index in [9.17, 15) is 4.79 Å². The number of carbonyl (C=O) groups excluding carboxylic acids is 1. The van der Waals surface area contributed by atoms with Crippen LogP contribution in [0.15, 0.2) is 54.6 Å². The minimum atomic E-state index is -0.364. The second kappa shape index (κ2) is 7.41. The summed E-state index contributed by atoms with van der Waals surface area (Å²) in [5, 5.41) is 0.724. The highest BCUT2D eigenvalue weighted by Gasteiger charge is 2.46. The van der Waals surface area contributed by atoms with Gasteiger partial charge in [0.05, 0.1) is 0 Å². The van der Waals surface area contributed by atoms with Crippen LogP contribution in [0.2, 0.25) is 5.02 Å². The summed E-state index contributed by atoms with van der Waals surface area (Å²) < 4.78 is 0. The summed E-state index contributed by atoms with van der Waals surface area (Å²) in [6, 6.07) is 18.2. The molecular weight excluding hydrogens is 370 g/mol. The second-order valence-electron chi connectivity index (χ2n) is 8.50. The first-order valence-corrected chi connectivity index (χ1v) is 10.4. The van der Waals surface area contributed by atoms with Gasteiger partial charge in [-0.15, -0.1) is 0 Å². The van der Waals surface area contributed by atoms with Crippen LogP contribution in [0, 0.1) is 0 Å². The molecule has 1 heterocycles. The molecule has 4 nitrogen and oxygen atoms in total. The van der Waals surface area contributed by atoms with Crippen LogP contribution in [0.1, 0.15) is 43.7 Å². The third kappa shape index (κ3) is 3.63. The fourth-order valence-corrected chi connectivity index (χ4v) is 4.82. The van der Waals surface area contributed by atoms with E-state index < -0.39 is 0 Å². The number of halogens is 1. The number of rotatable bonds is 4. The predicted molar refractivity (Wildman–Crippen MR) is 113 cm³/mol. The van der Waals surface area contributed by atoms with Gasteiger partial charge in [-0.05, 0) is 55.9 Å². The summed E-state index contributed by atoms with van der Waals surface area (Å²) >= 11 is 6.17. The topological polar surface area (TPSA) is 49.6 Å². The highest BCUT2D eigenvalue weighted by atomic mass is 35.5. The summed E-state index contributed by atoms with van der Waals surface area (Å²) in [5.74, 6) is 0. The lowest BCUT2D eigenvalue weighted by atomic mass is 9.70. The fourth-order valence-electron chi connectivity index (χ4n) is 4.63. The molecule has 2 fully saturated rings. The Morgan fingerprint density at radius 2 is 1.71 bits per heavy atom. The van der Waals surface area contributed by atoms with Crippen LogP contribution in [-0.2, 0) is 12.1 Å². The highest BCUT2D eigenvalue weighted by Crippen LogP contribution is 2.43. The van der Waals surface area contributed by atoms with Gasteiger partial charge in [-0.1, -0.05) is 54.1 Å². The normalized spacial score (nSPS) is 28.0. The van der Waals surface area contributed by atoms with Gasteiger partial charge < -0.3 is 15.5 Å². The summed E-state index contributed by atoms with van der Waals surface area (Å²) in [4.78, 5) is 17.1. The van der Waals surface area contributed by atoms with E-state index in [1.54, 1.807) is 0 Å². The van der Waals surface area contributed by atoms with Gasteiger partial charge in [-0.25, -0.2) is 4.79 Å². The average Bonchev–Trinajstić information content (AvgIpc) is 3.06. The van der Waals surface area contributed by atoms with E-state index in [1.807, 2.05) is 41.3 Å². The molecular formula is C23H28ClN3O. The monoisotopic (exact) mass is 397 g/mol. The number of carbonyl (C=O) groups is 1. The Kier molecular flexibility index (Phi) is 5.11. The standard InChI is InChI=1S/C23H28ClN3O/c1-22(10-12-23(25,13-11-22)19-8-5-9-20(24)16-19)27-15-14-26(21(27)28)17-18-6-3-2-4-7-18/h2-9,16H,10-15,17,25H2,1H3. The summed E-state index contributed by atoms with van der Waals surface area (Å²) in [5.41, 5.74) is 8.53. The van der Waals surface area contributed by atoms with Gasteiger partial charge in [0.15, 0.2) is 0 Å². The molecule has 0 atom stereocenters. The number of hydrogen-bond acceptors (Lipinski definition) is 2. The molecule has 28 heavy (non-hydrogen) atoms. The molecule has 2 amide bonds. The third-order valence-electron chi connectivity index (χ3n) is 6.58. The maximum Gasteiger partial charge on any atom is 0.320 e. The summed E-state index contributed by atoms with van der Waals surface area (Å²) in [7, 11) is 0. The van der Waals surface area contributed by atoms with E-state index in [-0.39, 0.29) is 17.1 Å². The highest BCUT2D eigenvalue weighted by molar-refractivity contribution is 6.30. The minimum absolute atomic E-state index is 0.135. The van der Waals surface area contributed by atoms with E-state index in [1.165, 1.54) is 5.56 Å². The van der Waals surface area contributed by atoms with E-state index >= 15 is 0 Å². The molecule has 0 aromatic heterocycles. The Morgan fingerprint density at radius 1 is 1.00 bits per heavy atom. The first-order chi connectivity index (χ1) is 13.4. The fraction of sp³-hybridized carbons (Fsp3) is 0.435. The molecule has 0 bridgehead atoms. The molecule has 0 radical (unpaired) electrons. The summed E-state index contributed by atoms with van der Waals surface area (Å²) in [6.45, 7) is 4.46. The van der Waals surface area contributed by atoms with E-state index in [4.69, 9.17) is 17.3 Å². The zero-order chi connectivity index (χ0) is 19.8. The van der Waals surface area contributed by atoms with Gasteiger partial charge in [-0.2, -0.15) is 0 Å². The van der Waals surface area contributed by atoms with E-state index in [2.05, 4.69) is 30.0 Å². The number of amides is 2. The smallest absolute Gasteiger partial charge is 0.320 e. The molecule has 1 saturated carbocycles. The third-order valence-corrected chi connectivity index (χ3v) is 6.82. The van der Waals surface area contributed by atoms with Crippen LogP contribution in [-0.4, -0.2) is 34.5 Å². The van der Waals surface area contributed by atoms with Gasteiger partial charge >= 0.3 is 6.03 Å². The number of urea groups is 1. The number of benzene rings is 2. The van der Waals surface area contributed by atoms with Crippen LogP contribution in [0.25, 0.3) is 0 Å². The lowest BCUT2D eigenvalue weighted by molar-refractivity contribution is 0.0796. The molecule has 0 unspecified atom stereocenters. The molecule has 148 valence electrons. The van der Waals surface area contributed by atoms with Crippen LogP contribution >= 0.6 is 11.6 Å². The molecule has 1 saturated heterocycles. The van der Waals surface area contributed by atoms with Crippen LogP contribution in [0.3, 0.4) is 0 Å². The van der Waals surface area contributed by atoms with Crippen molar-refractivity contribution in [2.75, 3.05) is 13.1 Å². The molecule has 2 aromatic rings. The number of hydrogen-bond donors (Lipinski definition) is 1. The molecule has 0 spiro atoms. The van der Waals surface area contributed by atoms with Crippen molar-refractivity contribution in [1.82, 2.24) is 9.80 Å². The average molecular weight is 398 g/mol. The molecule has 5 heteroatoms. The Labute approximate surface area is 172 Å². The van der Waals surface area contributed by atoms with Crippen LogP contribution < -0.4 is 5.73 Å². The summed E-state index contributed by atoms with van der Waals surface area (Å²) in [6.07, 6.45) is 3.51. The van der Waals surface area contributed by atoms with Gasteiger partial charge in [-0.3, -0.25) is 0 Å². The Balaban J connectivity index is 1.43. The van der Waals surface area contributed by atoms with Crippen molar-refractivity contribution in [1.29, 1.82) is 0 Å². The first-order valence-electron chi connectivity index (χ1n) is 10.1. The quantitative estimate of drug-likeness (QED) is 0.808. The van der Waals surface area contributed by atoms with Crippen molar-refractivity contribution in [3.05, 3.63) is 70.7 Å². The van der Waals surface area contributed by atoms with Crippen molar-refractivity contribution >= 4 is 17.6 Å². The van der Waals surface area contributed by atoms with Gasteiger partial charge in [0.2, 0.25) is 0 Å². The van der Waals surface area contributed by atoms with Crippen molar-refractivity contribution in [3.63, 3.8) is 0 Å². The first kappa shape index (κ1) is 19.3. The van der Waals surface area contributed by atoms with Crippen molar-refractivity contribution < 1.29 is 4.79 Å². The minimum Gasteiger partial charge on any atom is -0.321 e. The maximum absolute atomic E-state index is 13.1. The van der Waals surface area contributed by atoms with E-state index in [0.29, 0.717) is 6.54 Å². The lowest BCUT2D eigenvalue weighted by Crippen LogP contribution is -2.54. The number of nitrogens with zero attached hydrogens (tertiary/aromatic N) is 2. The van der Waals surface area contributed by atoms with Crippen molar-refractivity contribution in [2.24, 2.45) is 5.73 Å². The predicted octanol–water partition coefficient (Wildman–Crippen LogP) is 4.76. The van der Waals surface area contributed by atoms with Gasteiger partial charge in [0, 0.05) is 35.7 Å². The largest absolute Gasteiger partial charge is 0.321 e. The number of nitrogens with two attached hydrogens (primary N) is 1. The Hall–Kier alpha value is -2.04. The SMILES string of the molecule is CC1(N2CCN(Cc3ccccc3)C2=O)CCC(N)(c2cccc(Cl)c2)CC1. The van der Waals surface area contributed by atoms with Gasteiger partial charge in [0.25, 0.3) is 0 Å². The Morgan fingerprint density at radius 3 is 2.39 bits per heavy atom. The molecule has 2 N–H and O–H groups in total. The van der Waals surface area contributed by atoms with Crippen LogP contribution in [0.4, 0.5) is 4.79 Å². The molecule has 4 rings (SSSR count). The Bertz CT molecular complexity index is 846. The van der Waals surface area contributed by atoms with Crippen LogP contribution in [0.5, 0.6) is 0 Å². The van der Waals surface area contributed by atoms with E-state index in [0.717, 1.165) is 49.4 Å². The zero-order valence-electron chi connectivity index (χ0n) is 16.4. The molecule has 2 aliphatic rings. The van der Waals surface area contributed by atoms with Gasteiger partial charge in [0.1, 0.15) is 0 Å². The van der Waals surface area contributed by atoms with Crippen molar-refractivity contribution in [2.45, 2.75) is 50.2 Å². The maximum atomic E-state index is 13.1. The molecule has 1 aliphatic heterocycles. The second-order valence-corrected chi connectivity index (χ2v) is 8.94. The molecule has 2 aromatic carbocycles. The molecule has 1 aliphatic carbocycles.